The molecule has 4 heteroatoms. The Morgan fingerprint density at radius 2 is 0.750 bits per heavy atom. The van der Waals surface area contributed by atoms with E-state index in [-0.39, 0.29) is 0 Å². The minimum absolute atomic E-state index is 0.446. The van der Waals surface area contributed by atoms with E-state index in [1.54, 1.807) is 0 Å². The highest BCUT2D eigenvalue weighted by atomic mass is 31.1. The van der Waals surface area contributed by atoms with Crippen molar-refractivity contribution < 1.29 is 0 Å². The summed E-state index contributed by atoms with van der Waals surface area (Å²) in [5.41, 5.74) is 8.30. The summed E-state index contributed by atoms with van der Waals surface area (Å²) in [6.45, 7) is 18.3. The van der Waals surface area contributed by atoms with Crippen LogP contribution in [0.1, 0.15) is 101 Å². The van der Waals surface area contributed by atoms with E-state index in [1.807, 2.05) is 0 Å². The standard InChI is InChI=1S/C28H44BN2P/c1-17(2)23-13-21(14-24(18(3)4)27(23)30(9)10)32(29)22-15-25(19(5)6)28(31(11)12)26(16-22)20(7)8/h13-20H,1-12H3. The summed E-state index contributed by atoms with van der Waals surface area (Å²) in [7, 11) is 14.8. The average Bonchev–Trinajstić information content (AvgIpc) is 2.70. The highest BCUT2D eigenvalue weighted by Gasteiger charge is 2.23. The molecule has 0 unspecified atom stereocenters. The Hall–Kier alpha value is -1.47. The van der Waals surface area contributed by atoms with Crippen molar-refractivity contribution in [2.75, 3.05) is 38.0 Å². The van der Waals surface area contributed by atoms with Gasteiger partial charge in [0.05, 0.1) is 0 Å². The second kappa shape index (κ2) is 10.6. The maximum Gasteiger partial charge on any atom is 0.121 e. The lowest BCUT2D eigenvalue weighted by Crippen LogP contribution is -2.22. The van der Waals surface area contributed by atoms with Crippen LogP contribution in [0.4, 0.5) is 11.4 Å². The number of hydrogen-bond donors (Lipinski definition) is 0. The molecular weight excluding hydrogens is 406 g/mol. The molecule has 32 heavy (non-hydrogen) atoms. The summed E-state index contributed by atoms with van der Waals surface area (Å²) in [6, 6.07) is 9.51. The Balaban J connectivity index is 2.78. The van der Waals surface area contributed by atoms with Gasteiger partial charge in [-0.3, -0.25) is 0 Å². The van der Waals surface area contributed by atoms with E-state index in [2.05, 4.69) is 118 Å². The van der Waals surface area contributed by atoms with Gasteiger partial charge in [0.2, 0.25) is 0 Å². The lowest BCUT2D eigenvalue weighted by Gasteiger charge is -2.30. The Bertz CT molecular complexity index is 796. The molecule has 2 radical (unpaired) electrons. The zero-order valence-electron chi connectivity index (χ0n) is 22.5. The Kier molecular flexibility index (Phi) is 8.91. The molecule has 0 spiro atoms. The zero-order valence-corrected chi connectivity index (χ0v) is 23.4. The van der Waals surface area contributed by atoms with Crippen molar-refractivity contribution in [3.63, 3.8) is 0 Å². The minimum atomic E-state index is -0.935. The van der Waals surface area contributed by atoms with Crippen LogP contribution in [0, 0.1) is 0 Å². The fraction of sp³-hybridized carbons (Fsp3) is 0.571. The van der Waals surface area contributed by atoms with Gasteiger partial charge in [-0.15, -0.1) is 0 Å². The largest absolute Gasteiger partial charge is 0.377 e. The smallest absolute Gasteiger partial charge is 0.121 e. The van der Waals surface area contributed by atoms with Crippen LogP contribution in [-0.2, 0) is 0 Å². The molecular formula is C28H44BN2P. The molecule has 0 aliphatic heterocycles. The van der Waals surface area contributed by atoms with Crippen LogP contribution in [-0.4, -0.2) is 35.8 Å². The van der Waals surface area contributed by atoms with Crippen molar-refractivity contribution in [2.45, 2.75) is 79.1 Å². The van der Waals surface area contributed by atoms with Gasteiger partial charge in [0, 0.05) is 39.6 Å². The molecule has 0 aliphatic rings. The first-order valence-electron chi connectivity index (χ1n) is 12.0. The number of nitrogens with zero attached hydrogens (tertiary/aromatic N) is 2. The molecule has 0 aromatic heterocycles. The molecule has 0 fully saturated rings. The Morgan fingerprint density at radius 1 is 0.531 bits per heavy atom. The van der Waals surface area contributed by atoms with Crippen LogP contribution in [0.3, 0.4) is 0 Å². The fourth-order valence-corrected chi connectivity index (χ4v) is 5.96. The summed E-state index contributed by atoms with van der Waals surface area (Å²) in [5, 5.41) is 2.56. The second-order valence-corrected chi connectivity index (χ2v) is 12.5. The third-order valence-electron chi connectivity index (χ3n) is 6.25. The molecule has 0 saturated heterocycles. The van der Waals surface area contributed by atoms with E-state index in [0.717, 1.165) is 0 Å². The van der Waals surface area contributed by atoms with Crippen LogP contribution < -0.4 is 20.4 Å². The molecule has 0 heterocycles. The van der Waals surface area contributed by atoms with Crippen molar-refractivity contribution in [2.24, 2.45) is 0 Å². The molecule has 0 atom stereocenters. The van der Waals surface area contributed by atoms with Crippen molar-refractivity contribution in [1.82, 2.24) is 0 Å². The van der Waals surface area contributed by atoms with Gasteiger partial charge in [0.25, 0.3) is 0 Å². The van der Waals surface area contributed by atoms with E-state index in [9.17, 15) is 0 Å². The SMILES string of the molecule is [B]P(c1cc(C(C)C)c(N(C)C)c(C(C)C)c1)c1cc(C(C)C)c(N(C)C)c(C(C)C)c1. The van der Waals surface area contributed by atoms with Gasteiger partial charge in [-0.25, -0.2) is 0 Å². The van der Waals surface area contributed by atoms with E-state index < -0.39 is 7.80 Å². The molecule has 0 saturated carbocycles. The van der Waals surface area contributed by atoms with Crippen LogP contribution in [0.2, 0.25) is 0 Å². The number of benzene rings is 2. The zero-order chi connectivity index (χ0) is 24.5. The minimum Gasteiger partial charge on any atom is -0.377 e. The predicted octanol–water partition coefficient (Wildman–Crippen LogP) is 6.83. The fourth-order valence-electron chi connectivity index (χ4n) is 4.55. The quantitative estimate of drug-likeness (QED) is 0.321. The van der Waals surface area contributed by atoms with Crippen molar-refractivity contribution >= 4 is 37.3 Å². The predicted molar refractivity (Wildman–Crippen MR) is 150 cm³/mol. The first-order valence-corrected chi connectivity index (χ1v) is 13.4. The summed E-state index contributed by atoms with van der Waals surface area (Å²) < 4.78 is 0. The summed E-state index contributed by atoms with van der Waals surface area (Å²) in [6.07, 6.45) is 0. The van der Waals surface area contributed by atoms with Gasteiger partial charge < -0.3 is 9.80 Å². The van der Waals surface area contributed by atoms with Crippen LogP contribution in [0.25, 0.3) is 0 Å². The van der Waals surface area contributed by atoms with Crippen LogP contribution in [0.15, 0.2) is 24.3 Å². The molecule has 174 valence electrons. The lowest BCUT2D eigenvalue weighted by molar-refractivity contribution is 0.824. The molecule has 2 nitrogen and oxygen atoms in total. The molecule has 0 N–H and O–H groups in total. The number of anilines is 2. The maximum absolute atomic E-state index is 7.08. The van der Waals surface area contributed by atoms with Gasteiger partial charge in [-0.05, 0) is 80.8 Å². The van der Waals surface area contributed by atoms with E-state index in [4.69, 9.17) is 7.57 Å². The molecule has 2 aromatic carbocycles. The number of rotatable bonds is 8. The van der Waals surface area contributed by atoms with Crippen molar-refractivity contribution in [1.29, 1.82) is 0 Å². The first kappa shape index (κ1) is 26.8. The number of hydrogen-bond acceptors (Lipinski definition) is 2. The van der Waals surface area contributed by atoms with Gasteiger partial charge in [-0.1, -0.05) is 63.2 Å². The molecule has 2 rings (SSSR count). The molecule has 0 bridgehead atoms. The second-order valence-electron chi connectivity index (χ2n) is 10.7. The highest BCUT2D eigenvalue weighted by Crippen LogP contribution is 2.41. The van der Waals surface area contributed by atoms with Gasteiger partial charge in [0.1, 0.15) is 7.57 Å². The van der Waals surface area contributed by atoms with E-state index >= 15 is 0 Å². The molecule has 0 amide bonds. The lowest BCUT2D eigenvalue weighted by atomic mass is 9.92. The Morgan fingerprint density at radius 3 is 0.906 bits per heavy atom. The summed E-state index contributed by atoms with van der Waals surface area (Å²) >= 11 is 0. The topological polar surface area (TPSA) is 6.48 Å². The van der Waals surface area contributed by atoms with Crippen LogP contribution >= 0.6 is 7.80 Å². The monoisotopic (exact) mass is 450 g/mol. The molecule has 2 aromatic rings. The maximum atomic E-state index is 7.08. The highest BCUT2D eigenvalue weighted by molar-refractivity contribution is 7.94. The third kappa shape index (κ3) is 5.53. The average molecular weight is 450 g/mol. The van der Waals surface area contributed by atoms with Crippen molar-refractivity contribution in [3.8, 4) is 0 Å². The summed E-state index contributed by atoms with van der Waals surface area (Å²) in [4.78, 5) is 4.54. The first-order chi connectivity index (χ1) is 14.8. The van der Waals surface area contributed by atoms with Crippen LogP contribution in [0.5, 0.6) is 0 Å². The van der Waals surface area contributed by atoms with Gasteiger partial charge >= 0.3 is 0 Å². The normalized spacial score (nSPS) is 12.0. The Labute approximate surface area is 200 Å². The summed E-state index contributed by atoms with van der Waals surface area (Å²) in [5.74, 6) is 1.78. The van der Waals surface area contributed by atoms with E-state index in [0.29, 0.717) is 23.7 Å². The van der Waals surface area contributed by atoms with Gasteiger partial charge in [-0.2, -0.15) is 0 Å². The third-order valence-corrected chi connectivity index (χ3v) is 7.88. The molecule has 0 aliphatic carbocycles. The van der Waals surface area contributed by atoms with Crippen molar-refractivity contribution in [3.05, 3.63) is 46.5 Å². The van der Waals surface area contributed by atoms with Gasteiger partial charge in [0.15, 0.2) is 0 Å². The van der Waals surface area contributed by atoms with E-state index in [1.165, 1.54) is 44.2 Å².